The summed E-state index contributed by atoms with van der Waals surface area (Å²) in [4.78, 5) is 0. The van der Waals surface area contributed by atoms with Gasteiger partial charge in [0.25, 0.3) is 0 Å². The van der Waals surface area contributed by atoms with Gasteiger partial charge in [0.2, 0.25) is 0 Å². The van der Waals surface area contributed by atoms with Crippen molar-refractivity contribution in [2.45, 2.75) is 40.7 Å². The lowest BCUT2D eigenvalue weighted by Gasteiger charge is -2.20. The minimum Gasteiger partial charge on any atom is -0.356 e. The maximum atomic E-state index is 5.45. The van der Waals surface area contributed by atoms with Gasteiger partial charge in [-0.15, -0.1) is 0 Å². The molecule has 0 bridgehead atoms. The third-order valence-electron chi connectivity index (χ3n) is 3.72. The number of rotatable bonds is 3. The highest BCUT2D eigenvalue weighted by atomic mass is 32.1. The zero-order valence-corrected chi connectivity index (χ0v) is 14.8. The molecule has 2 N–H and O–H groups in total. The number of thiocarbonyl (C=S) groups is 1. The normalized spacial score (nSPS) is 11.9. The van der Waals surface area contributed by atoms with Crippen LogP contribution in [0.3, 0.4) is 0 Å². The Balaban J connectivity index is 2.05. The van der Waals surface area contributed by atoms with E-state index in [2.05, 4.69) is 81.7 Å². The molecule has 3 heteroatoms. The van der Waals surface area contributed by atoms with Crippen molar-refractivity contribution in [3.05, 3.63) is 64.2 Å². The first-order valence-electron chi connectivity index (χ1n) is 7.58. The summed E-state index contributed by atoms with van der Waals surface area (Å²) in [6, 6.07) is 13.0. The Labute approximate surface area is 139 Å². The largest absolute Gasteiger partial charge is 0.356 e. The second kappa shape index (κ2) is 6.93. The van der Waals surface area contributed by atoms with Gasteiger partial charge in [0, 0.05) is 5.69 Å². The number of hydrogen-bond acceptors (Lipinski definition) is 1. The highest BCUT2D eigenvalue weighted by Crippen LogP contribution is 2.19. The van der Waals surface area contributed by atoms with Crippen LogP contribution in [-0.2, 0) is 0 Å². The maximum absolute atomic E-state index is 5.45. The van der Waals surface area contributed by atoms with Crippen molar-refractivity contribution in [1.29, 1.82) is 0 Å². The average molecular weight is 312 g/mol. The third-order valence-corrected chi connectivity index (χ3v) is 3.94. The van der Waals surface area contributed by atoms with Crippen LogP contribution in [0.2, 0.25) is 0 Å². The van der Waals surface area contributed by atoms with Gasteiger partial charge in [-0.25, -0.2) is 0 Å². The SMILES string of the molecule is Cc1cc(C)cc(NC(=S)N[C@@H](C)c2ccc(C)cc2C)c1. The fraction of sp³-hybridized carbons (Fsp3) is 0.316. The average Bonchev–Trinajstić information content (AvgIpc) is 2.36. The van der Waals surface area contributed by atoms with Gasteiger partial charge >= 0.3 is 0 Å². The molecule has 0 spiro atoms. The Morgan fingerprint density at radius 3 is 2.14 bits per heavy atom. The topological polar surface area (TPSA) is 24.1 Å². The molecule has 0 aliphatic carbocycles. The molecule has 0 saturated heterocycles. The fourth-order valence-electron chi connectivity index (χ4n) is 2.80. The van der Waals surface area contributed by atoms with Crippen molar-refractivity contribution in [3.63, 3.8) is 0 Å². The van der Waals surface area contributed by atoms with Crippen LogP contribution in [0, 0.1) is 27.7 Å². The van der Waals surface area contributed by atoms with E-state index >= 15 is 0 Å². The molecule has 2 aromatic rings. The van der Waals surface area contributed by atoms with Crippen LogP contribution in [0.15, 0.2) is 36.4 Å². The minimum atomic E-state index is 0.173. The molecule has 0 heterocycles. The van der Waals surface area contributed by atoms with Gasteiger partial charge in [-0.1, -0.05) is 29.8 Å². The molecule has 0 aromatic heterocycles. The van der Waals surface area contributed by atoms with E-state index in [1.165, 1.54) is 27.8 Å². The maximum Gasteiger partial charge on any atom is 0.171 e. The molecule has 0 amide bonds. The predicted octanol–water partition coefficient (Wildman–Crippen LogP) is 4.97. The zero-order valence-electron chi connectivity index (χ0n) is 13.9. The monoisotopic (exact) mass is 312 g/mol. The van der Waals surface area contributed by atoms with Crippen LogP contribution in [0.25, 0.3) is 0 Å². The van der Waals surface area contributed by atoms with Crippen LogP contribution >= 0.6 is 12.2 Å². The Bertz CT molecular complexity index is 672. The van der Waals surface area contributed by atoms with E-state index in [-0.39, 0.29) is 6.04 Å². The van der Waals surface area contributed by atoms with E-state index in [0.717, 1.165) is 5.69 Å². The van der Waals surface area contributed by atoms with Gasteiger partial charge < -0.3 is 10.6 Å². The molecule has 2 rings (SSSR count). The lowest BCUT2D eigenvalue weighted by atomic mass is 10.0. The van der Waals surface area contributed by atoms with E-state index in [1.54, 1.807) is 0 Å². The van der Waals surface area contributed by atoms with Crippen LogP contribution in [-0.4, -0.2) is 5.11 Å². The molecule has 0 saturated carbocycles. The lowest BCUT2D eigenvalue weighted by molar-refractivity contribution is 0.717. The van der Waals surface area contributed by atoms with Crippen molar-refractivity contribution in [1.82, 2.24) is 5.32 Å². The summed E-state index contributed by atoms with van der Waals surface area (Å²) in [5.74, 6) is 0. The molecule has 0 aliphatic heterocycles. The fourth-order valence-corrected chi connectivity index (χ4v) is 3.09. The summed E-state index contributed by atoms with van der Waals surface area (Å²) in [5.41, 5.74) is 7.33. The zero-order chi connectivity index (χ0) is 16.3. The Morgan fingerprint density at radius 1 is 0.909 bits per heavy atom. The van der Waals surface area contributed by atoms with Gasteiger partial charge in [-0.3, -0.25) is 0 Å². The smallest absolute Gasteiger partial charge is 0.171 e. The summed E-state index contributed by atoms with van der Waals surface area (Å²) in [6.07, 6.45) is 0. The second-order valence-corrected chi connectivity index (χ2v) is 6.46. The van der Waals surface area contributed by atoms with Crippen LogP contribution in [0.1, 0.15) is 40.8 Å². The van der Waals surface area contributed by atoms with Crippen LogP contribution < -0.4 is 10.6 Å². The molecule has 1 atom stereocenters. The standard InChI is InChI=1S/C19H24N2S/c1-12-6-7-18(15(4)9-12)16(5)20-19(22)21-17-10-13(2)8-14(3)11-17/h6-11,16H,1-5H3,(H2,20,21,22)/t16-/m0/s1. The quantitative estimate of drug-likeness (QED) is 0.783. The van der Waals surface area contributed by atoms with Gasteiger partial charge in [-0.05, 0) is 81.2 Å². The molecule has 0 unspecified atom stereocenters. The van der Waals surface area contributed by atoms with Crippen molar-refractivity contribution < 1.29 is 0 Å². The number of hydrogen-bond donors (Lipinski definition) is 2. The summed E-state index contributed by atoms with van der Waals surface area (Å²) < 4.78 is 0. The van der Waals surface area contributed by atoms with Crippen molar-refractivity contribution in [3.8, 4) is 0 Å². The molecular formula is C19H24N2S. The van der Waals surface area contributed by atoms with E-state index in [0.29, 0.717) is 5.11 Å². The van der Waals surface area contributed by atoms with Gasteiger partial charge in [-0.2, -0.15) is 0 Å². The van der Waals surface area contributed by atoms with Gasteiger partial charge in [0.15, 0.2) is 5.11 Å². The number of anilines is 1. The lowest BCUT2D eigenvalue weighted by Crippen LogP contribution is -2.31. The molecule has 0 aliphatic rings. The summed E-state index contributed by atoms with van der Waals surface area (Å²) in [5, 5.41) is 7.29. The highest BCUT2D eigenvalue weighted by Gasteiger charge is 2.10. The van der Waals surface area contributed by atoms with Crippen molar-refractivity contribution in [2.24, 2.45) is 0 Å². The summed E-state index contributed by atoms with van der Waals surface area (Å²) >= 11 is 5.45. The minimum absolute atomic E-state index is 0.173. The van der Waals surface area contributed by atoms with E-state index in [1.807, 2.05) is 0 Å². The van der Waals surface area contributed by atoms with Crippen molar-refractivity contribution >= 4 is 23.0 Å². The number of nitrogens with one attached hydrogen (secondary N) is 2. The molecule has 116 valence electrons. The predicted molar refractivity (Wildman–Crippen MR) is 99.6 cm³/mol. The van der Waals surface area contributed by atoms with E-state index in [4.69, 9.17) is 12.2 Å². The summed E-state index contributed by atoms with van der Waals surface area (Å²) in [6.45, 7) is 10.6. The molecule has 0 fully saturated rings. The Morgan fingerprint density at radius 2 is 1.55 bits per heavy atom. The molecule has 2 aromatic carbocycles. The van der Waals surface area contributed by atoms with Crippen LogP contribution in [0.5, 0.6) is 0 Å². The Kier molecular flexibility index (Phi) is 5.19. The third kappa shape index (κ3) is 4.31. The first-order valence-corrected chi connectivity index (χ1v) is 7.99. The van der Waals surface area contributed by atoms with E-state index < -0.39 is 0 Å². The van der Waals surface area contributed by atoms with Gasteiger partial charge in [0.1, 0.15) is 0 Å². The number of benzene rings is 2. The molecule has 22 heavy (non-hydrogen) atoms. The van der Waals surface area contributed by atoms with Crippen molar-refractivity contribution in [2.75, 3.05) is 5.32 Å². The van der Waals surface area contributed by atoms with Crippen LogP contribution in [0.4, 0.5) is 5.69 Å². The first-order chi connectivity index (χ1) is 10.3. The van der Waals surface area contributed by atoms with Gasteiger partial charge in [0.05, 0.1) is 6.04 Å². The number of aryl methyl sites for hydroxylation is 4. The summed E-state index contributed by atoms with van der Waals surface area (Å²) in [7, 11) is 0. The second-order valence-electron chi connectivity index (χ2n) is 6.06. The molecule has 0 radical (unpaired) electrons. The molecular weight excluding hydrogens is 288 g/mol. The first kappa shape index (κ1) is 16.5. The molecule has 2 nitrogen and oxygen atoms in total. The van der Waals surface area contributed by atoms with E-state index in [9.17, 15) is 0 Å². The Hall–Kier alpha value is -1.87. The highest BCUT2D eigenvalue weighted by molar-refractivity contribution is 7.80.